The summed E-state index contributed by atoms with van der Waals surface area (Å²) in [7, 11) is 0. The molecule has 4 heteroatoms. The van der Waals surface area contributed by atoms with Crippen LogP contribution in [0.3, 0.4) is 0 Å². The Balaban J connectivity index is 2.11. The lowest BCUT2D eigenvalue weighted by Crippen LogP contribution is -1.93. The van der Waals surface area contributed by atoms with Gasteiger partial charge in [-0.2, -0.15) is 0 Å². The molecule has 1 heterocycles. The summed E-state index contributed by atoms with van der Waals surface area (Å²) in [4.78, 5) is 8.61. The van der Waals surface area contributed by atoms with E-state index in [-0.39, 0.29) is 5.82 Å². The number of unbranched alkanes of at least 4 members (excludes halogenated alkanes) is 2. The summed E-state index contributed by atoms with van der Waals surface area (Å²) in [5, 5.41) is 0. The van der Waals surface area contributed by atoms with Gasteiger partial charge in [0.25, 0.3) is 0 Å². The van der Waals surface area contributed by atoms with Gasteiger partial charge in [-0.15, -0.1) is 0 Å². The molecule has 0 radical (unpaired) electrons. The van der Waals surface area contributed by atoms with Crippen LogP contribution in [0, 0.1) is 5.82 Å². The Morgan fingerprint density at radius 1 is 1.16 bits per heavy atom. The molecule has 100 valence electrons. The van der Waals surface area contributed by atoms with E-state index in [0.29, 0.717) is 15.9 Å². The van der Waals surface area contributed by atoms with Crippen molar-refractivity contribution < 1.29 is 4.39 Å². The Labute approximate surface area is 121 Å². The Bertz CT molecular complexity index is 540. The Kier molecular flexibility index (Phi) is 5.02. The highest BCUT2D eigenvalue weighted by Crippen LogP contribution is 2.22. The van der Waals surface area contributed by atoms with Gasteiger partial charge >= 0.3 is 0 Å². The van der Waals surface area contributed by atoms with Crippen molar-refractivity contribution >= 4 is 15.9 Å². The molecule has 0 aliphatic heterocycles. The first-order valence-electron chi connectivity index (χ1n) is 6.47. The molecule has 1 aromatic heterocycles. The molecule has 0 aliphatic carbocycles. The topological polar surface area (TPSA) is 25.8 Å². The van der Waals surface area contributed by atoms with E-state index in [1.54, 1.807) is 12.1 Å². The smallest absolute Gasteiger partial charge is 0.159 e. The number of halogens is 2. The largest absolute Gasteiger partial charge is 0.236 e. The molecule has 0 bridgehead atoms. The molecule has 0 amide bonds. The maximum absolute atomic E-state index is 13.4. The van der Waals surface area contributed by atoms with Crippen molar-refractivity contribution in [3.63, 3.8) is 0 Å². The molecule has 0 N–H and O–H groups in total. The van der Waals surface area contributed by atoms with Crippen molar-refractivity contribution in [1.29, 1.82) is 0 Å². The van der Waals surface area contributed by atoms with Crippen LogP contribution in [0.15, 0.2) is 35.1 Å². The Morgan fingerprint density at radius 3 is 2.53 bits per heavy atom. The van der Waals surface area contributed by atoms with E-state index >= 15 is 0 Å². The average Bonchev–Trinajstić information content (AvgIpc) is 2.43. The summed E-state index contributed by atoms with van der Waals surface area (Å²) in [5.41, 5.74) is 1.83. The lowest BCUT2D eigenvalue weighted by molar-refractivity contribution is 0.621. The van der Waals surface area contributed by atoms with Crippen LogP contribution in [0.5, 0.6) is 0 Å². The van der Waals surface area contributed by atoms with Crippen LogP contribution < -0.4 is 0 Å². The fourth-order valence-electron chi connectivity index (χ4n) is 1.85. The molecule has 0 atom stereocenters. The zero-order valence-corrected chi connectivity index (χ0v) is 12.5. The van der Waals surface area contributed by atoms with Gasteiger partial charge in [-0.05, 0) is 52.5 Å². The van der Waals surface area contributed by atoms with Crippen LogP contribution in [0.2, 0.25) is 0 Å². The Morgan fingerprint density at radius 2 is 1.89 bits per heavy atom. The Hall–Kier alpha value is -1.29. The first kappa shape index (κ1) is 14.1. The lowest BCUT2D eigenvalue weighted by Gasteiger charge is -2.03. The van der Waals surface area contributed by atoms with Gasteiger partial charge in [0.15, 0.2) is 5.82 Å². The quantitative estimate of drug-likeness (QED) is 0.740. The molecule has 0 saturated heterocycles. The third-order valence-electron chi connectivity index (χ3n) is 2.95. The maximum atomic E-state index is 13.4. The van der Waals surface area contributed by atoms with Crippen molar-refractivity contribution in [2.45, 2.75) is 32.6 Å². The van der Waals surface area contributed by atoms with Gasteiger partial charge in [-0.25, -0.2) is 14.4 Å². The molecule has 0 aliphatic rings. The van der Waals surface area contributed by atoms with Gasteiger partial charge in [0.1, 0.15) is 5.82 Å². The monoisotopic (exact) mass is 322 g/mol. The van der Waals surface area contributed by atoms with E-state index in [4.69, 9.17) is 0 Å². The van der Waals surface area contributed by atoms with Crippen LogP contribution in [0.25, 0.3) is 11.4 Å². The summed E-state index contributed by atoms with van der Waals surface area (Å²) < 4.78 is 13.9. The highest BCUT2D eigenvalue weighted by atomic mass is 79.9. The fraction of sp³-hybridized carbons (Fsp3) is 0.333. The number of nitrogens with zero attached hydrogens (tertiary/aromatic N) is 2. The zero-order valence-electron chi connectivity index (χ0n) is 10.9. The van der Waals surface area contributed by atoms with E-state index in [9.17, 15) is 4.39 Å². The molecule has 0 fully saturated rings. The van der Waals surface area contributed by atoms with E-state index in [1.165, 1.54) is 18.9 Å². The third-order valence-corrected chi connectivity index (χ3v) is 3.60. The van der Waals surface area contributed by atoms with Crippen molar-refractivity contribution in [2.24, 2.45) is 0 Å². The number of hydrogen-bond donors (Lipinski definition) is 0. The number of hydrogen-bond acceptors (Lipinski definition) is 2. The molecular formula is C15H16BrFN2. The summed E-state index contributed by atoms with van der Waals surface area (Å²) in [5.74, 6) is 0.263. The van der Waals surface area contributed by atoms with Gasteiger partial charge in [-0.1, -0.05) is 19.8 Å². The van der Waals surface area contributed by atoms with Crippen molar-refractivity contribution in [3.8, 4) is 11.4 Å². The average molecular weight is 323 g/mol. The first-order chi connectivity index (χ1) is 9.20. The SMILES string of the molecule is CCCCCc1cnc(-c2ccc(Br)c(F)c2)nc1. The molecule has 2 nitrogen and oxygen atoms in total. The van der Waals surface area contributed by atoms with Gasteiger partial charge in [0.05, 0.1) is 4.47 Å². The molecule has 1 aromatic carbocycles. The highest BCUT2D eigenvalue weighted by Gasteiger charge is 2.05. The molecule has 2 aromatic rings. The second-order valence-electron chi connectivity index (χ2n) is 4.50. The zero-order chi connectivity index (χ0) is 13.7. The van der Waals surface area contributed by atoms with Crippen LogP contribution in [0.1, 0.15) is 31.7 Å². The summed E-state index contributed by atoms with van der Waals surface area (Å²) >= 11 is 3.13. The second kappa shape index (κ2) is 6.75. The van der Waals surface area contributed by atoms with Crippen molar-refractivity contribution in [3.05, 3.63) is 46.4 Å². The van der Waals surface area contributed by atoms with Crippen molar-refractivity contribution in [2.75, 3.05) is 0 Å². The first-order valence-corrected chi connectivity index (χ1v) is 7.26. The minimum Gasteiger partial charge on any atom is -0.236 e. The van der Waals surface area contributed by atoms with E-state index in [0.717, 1.165) is 18.4 Å². The second-order valence-corrected chi connectivity index (χ2v) is 5.36. The van der Waals surface area contributed by atoms with Gasteiger partial charge < -0.3 is 0 Å². The summed E-state index contributed by atoms with van der Waals surface area (Å²) in [6, 6.07) is 4.92. The standard InChI is InChI=1S/C15H16BrFN2/c1-2-3-4-5-11-9-18-15(19-10-11)12-6-7-13(16)14(17)8-12/h6-10H,2-5H2,1H3. The number of benzene rings is 1. The maximum Gasteiger partial charge on any atom is 0.159 e. The molecular weight excluding hydrogens is 307 g/mol. The van der Waals surface area contributed by atoms with Gasteiger partial charge in [0, 0.05) is 18.0 Å². The van der Waals surface area contributed by atoms with Crippen LogP contribution in [0.4, 0.5) is 4.39 Å². The van der Waals surface area contributed by atoms with Gasteiger partial charge in [-0.3, -0.25) is 0 Å². The highest BCUT2D eigenvalue weighted by molar-refractivity contribution is 9.10. The van der Waals surface area contributed by atoms with Crippen molar-refractivity contribution in [1.82, 2.24) is 9.97 Å². The molecule has 0 spiro atoms. The normalized spacial score (nSPS) is 10.7. The molecule has 19 heavy (non-hydrogen) atoms. The number of aromatic nitrogens is 2. The fourth-order valence-corrected chi connectivity index (χ4v) is 2.09. The van der Waals surface area contributed by atoms with E-state index in [2.05, 4.69) is 32.8 Å². The summed E-state index contributed by atoms with van der Waals surface area (Å²) in [6.07, 6.45) is 8.25. The predicted molar refractivity (Wildman–Crippen MR) is 78.4 cm³/mol. The van der Waals surface area contributed by atoms with Gasteiger partial charge in [0.2, 0.25) is 0 Å². The van der Waals surface area contributed by atoms with Crippen LogP contribution in [-0.2, 0) is 6.42 Å². The minimum atomic E-state index is -0.298. The summed E-state index contributed by atoms with van der Waals surface area (Å²) in [6.45, 7) is 2.18. The number of rotatable bonds is 5. The third kappa shape index (κ3) is 3.83. The lowest BCUT2D eigenvalue weighted by atomic mass is 10.1. The minimum absolute atomic E-state index is 0.298. The number of aryl methyl sites for hydroxylation is 1. The predicted octanol–water partition coefficient (Wildman–Crippen LogP) is 4.78. The molecule has 2 rings (SSSR count). The van der Waals surface area contributed by atoms with Crippen LogP contribution >= 0.6 is 15.9 Å². The van der Waals surface area contributed by atoms with Crippen LogP contribution in [-0.4, -0.2) is 9.97 Å². The van der Waals surface area contributed by atoms with E-state index in [1.807, 2.05) is 12.4 Å². The molecule has 0 unspecified atom stereocenters. The van der Waals surface area contributed by atoms with E-state index < -0.39 is 0 Å². The molecule has 0 saturated carbocycles.